The number of ether oxygens (including phenoxy) is 1. The van der Waals surface area contributed by atoms with Gasteiger partial charge in [0.15, 0.2) is 5.90 Å². The molecule has 0 heterocycles. The molecule has 2 heteroatoms. The van der Waals surface area contributed by atoms with Gasteiger partial charge in [0, 0.05) is 6.42 Å². The Balaban J connectivity index is 2.25. The molecule has 1 N–H and O–H groups in total. The molecule has 0 aromatic heterocycles. The van der Waals surface area contributed by atoms with Crippen LogP contribution >= 0.6 is 0 Å². The number of nitrogens with one attached hydrogen (secondary N) is 1. The molecule has 1 aliphatic carbocycles. The summed E-state index contributed by atoms with van der Waals surface area (Å²) >= 11 is 0. The summed E-state index contributed by atoms with van der Waals surface area (Å²) in [6.07, 6.45) is 7.48. The SMILES string of the molecule is CC(C)(C)OC(=N)CC1CCCCC1. The number of rotatable bonds is 2. The van der Waals surface area contributed by atoms with Crippen molar-refractivity contribution >= 4 is 5.90 Å². The second-order valence-corrected chi connectivity index (χ2v) is 5.35. The molecule has 82 valence electrons. The van der Waals surface area contributed by atoms with Gasteiger partial charge in [-0.25, -0.2) is 0 Å². The largest absolute Gasteiger partial charge is 0.476 e. The molecular formula is C12H23NO. The maximum atomic E-state index is 7.76. The molecule has 0 aliphatic heterocycles. The second kappa shape index (κ2) is 4.81. The third kappa shape index (κ3) is 4.64. The summed E-state index contributed by atoms with van der Waals surface area (Å²) < 4.78 is 5.52. The molecule has 1 rings (SSSR count). The van der Waals surface area contributed by atoms with Crippen molar-refractivity contribution in [1.82, 2.24) is 0 Å². The zero-order chi connectivity index (χ0) is 10.6. The first-order valence-electron chi connectivity index (χ1n) is 5.74. The average Bonchev–Trinajstić information content (AvgIpc) is 2.02. The smallest absolute Gasteiger partial charge is 0.181 e. The molecule has 2 nitrogen and oxygen atoms in total. The molecular weight excluding hydrogens is 174 g/mol. The van der Waals surface area contributed by atoms with Gasteiger partial charge in [-0.1, -0.05) is 19.3 Å². The maximum absolute atomic E-state index is 7.76. The topological polar surface area (TPSA) is 33.1 Å². The van der Waals surface area contributed by atoms with Gasteiger partial charge in [0.2, 0.25) is 0 Å². The van der Waals surface area contributed by atoms with E-state index in [0.29, 0.717) is 11.8 Å². The van der Waals surface area contributed by atoms with E-state index in [9.17, 15) is 0 Å². The Kier molecular flexibility index (Phi) is 3.97. The summed E-state index contributed by atoms with van der Waals surface area (Å²) in [5.41, 5.74) is -0.203. The van der Waals surface area contributed by atoms with Crippen molar-refractivity contribution in [3.8, 4) is 0 Å². The quantitative estimate of drug-likeness (QED) is 0.531. The van der Waals surface area contributed by atoms with Crippen LogP contribution in [-0.2, 0) is 4.74 Å². The highest BCUT2D eigenvalue weighted by molar-refractivity contribution is 5.73. The lowest BCUT2D eigenvalue weighted by atomic mass is 9.87. The monoisotopic (exact) mass is 197 g/mol. The molecule has 1 saturated carbocycles. The highest BCUT2D eigenvalue weighted by atomic mass is 16.5. The second-order valence-electron chi connectivity index (χ2n) is 5.35. The predicted octanol–water partition coefficient (Wildman–Crippen LogP) is 3.75. The number of hydrogen-bond donors (Lipinski definition) is 1. The van der Waals surface area contributed by atoms with E-state index in [4.69, 9.17) is 10.1 Å². The summed E-state index contributed by atoms with van der Waals surface area (Å²) in [5, 5.41) is 7.76. The van der Waals surface area contributed by atoms with Crippen LogP contribution in [0.5, 0.6) is 0 Å². The average molecular weight is 197 g/mol. The van der Waals surface area contributed by atoms with Gasteiger partial charge < -0.3 is 4.74 Å². The van der Waals surface area contributed by atoms with Gasteiger partial charge in [-0.2, -0.15) is 0 Å². The normalized spacial score (nSPS) is 19.4. The first-order valence-corrected chi connectivity index (χ1v) is 5.74. The molecule has 0 atom stereocenters. The molecule has 0 bridgehead atoms. The van der Waals surface area contributed by atoms with Gasteiger partial charge in [-0.05, 0) is 39.5 Å². The lowest BCUT2D eigenvalue weighted by Gasteiger charge is -2.26. The summed E-state index contributed by atoms with van der Waals surface area (Å²) in [6, 6.07) is 0. The van der Waals surface area contributed by atoms with E-state index in [1.54, 1.807) is 0 Å². The summed E-state index contributed by atoms with van der Waals surface area (Å²) in [6.45, 7) is 6.01. The first kappa shape index (κ1) is 11.5. The number of hydrogen-bond acceptors (Lipinski definition) is 2. The van der Waals surface area contributed by atoms with Gasteiger partial charge in [-0.3, -0.25) is 5.41 Å². The van der Waals surface area contributed by atoms with Gasteiger partial charge in [0.05, 0.1) is 0 Å². The molecule has 0 unspecified atom stereocenters. The van der Waals surface area contributed by atoms with Crippen molar-refractivity contribution in [3.63, 3.8) is 0 Å². The summed E-state index contributed by atoms with van der Waals surface area (Å²) in [7, 11) is 0. The maximum Gasteiger partial charge on any atom is 0.181 e. The fourth-order valence-corrected chi connectivity index (χ4v) is 2.06. The summed E-state index contributed by atoms with van der Waals surface area (Å²) in [5.74, 6) is 1.18. The van der Waals surface area contributed by atoms with Crippen LogP contribution in [0.25, 0.3) is 0 Å². The van der Waals surface area contributed by atoms with Crippen LogP contribution in [0.4, 0.5) is 0 Å². The van der Waals surface area contributed by atoms with E-state index in [1.807, 2.05) is 20.8 Å². The van der Waals surface area contributed by atoms with E-state index in [1.165, 1.54) is 32.1 Å². The molecule has 14 heavy (non-hydrogen) atoms. The van der Waals surface area contributed by atoms with E-state index in [-0.39, 0.29) is 5.60 Å². The minimum Gasteiger partial charge on any atom is -0.476 e. The van der Waals surface area contributed by atoms with Gasteiger partial charge >= 0.3 is 0 Å². The molecule has 0 amide bonds. The van der Waals surface area contributed by atoms with Crippen LogP contribution in [-0.4, -0.2) is 11.5 Å². The van der Waals surface area contributed by atoms with Gasteiger partial charge in [0.1, 0.15) is 5.60 Å². The van der Waals surface area contributed by atoms with Gasteiger partial charge in [0.25, 0.3) is 0 Å². The van der Waals surface area contributed by atoms with Crippen molar-refractivity contribution in [2.45, 2.75) is 64.9 Å². The Labute approximate surface area is 87.5 Å². The highest BCUT2D eigenvalue weighted by Gasteiger charge is 2.19. The molecule has 0 radical (unpaired) electrons. The van der Waals surface area contributed by atoms with E-state index >= 15 is 0 Å². The molecule has 0 aromatic carbocycles. The predicted molar refractivity (Wildman–Crippen MR) is 59.8 cm³/mol. The standard InChI is InChI=1S/C12H23NO/c1-12(2,3)14-11(13)9-10-7-5-4-6-8-10/h10,13H,4-9H2,1-3H3. The van der Waals surface area contributed by atoms with Gasteiger partial charge in [-0.15, -0.1) is 0 Å². The van der Waals surface area contributed by atoms with Crippen molar-refractivity contribution in [1.29, 1.82) is 5.41 Å². The van der Waals surface area contributed by atoms with Crippen LogP contribution in [0.15, 0.2) is 0 Å². The van der Waals surface area contributed by atoms with E-state index < -0.39 is 0 Å². The van der Waals surface area contributed by atoms with Crippen molar-refractivity contribution < 1.29 is 4.74 Å². The van der Waals surface area contributed by atoms with Crippen molar-refractivity contribution in [2.24, 2.45) is 5.92 Å². The Morgan fingerprint density at radius 3 is 2.29 bits per heavy atom. The van der Waals surface area contributed by atoms with Crippen molar-refractivity contribution in [3.05, 3.63) is 0 Å². The Morgan fingerprint density at radius 1 is 1.21 bits per heavy atom. The Bertz CT molecular complexity index is 187. The van der Waals surface area contributed by atoms with E-state index in [0.717, 1.165) is 6.42 Å². The summed E-state index contributed by atoms with van der Waals surface area (Å²) in [4.78, 5) is 0. The first-order chi connectivity index (χ1) is 6.47. The zero-order valence-electron chi connectivity index (χ0n) is 9.73. The lowest BCUT2D eigenvalue weighted by molar-refractivity contribution is 0.107. The fourth-order valence-electron chi connectivity index (χ4n) is 2.06. The van der Waals surface area contributed by atoms with E-state index in [2.05, 4.69) is 0 Å². The minimum atomic E-state index is -0.203. The third-order valence-electron chi connectivity index (χ3n) is 2.63. The van der Waals surface area contributed by atoms with Crippen LogP contribution in [0.3, 0.4) is 0 Å². The lowest BCUT2D eigenvalue weighted by Crippen LogP contribution is -2.25. The van der Waals surface area contributed by atoms with Crippen molar-refractivity contribution in [2.75, 3.05) is 0 Å². The molecule has 1 fully saturated rings. The fraction of sp³-hybridized carbons (Fsp3) is 0.917. The highest BCUT2D eigenvalue weighted by Crippen LogP contribution is 2.27. The molecule has 1 aliphatic rings. The van der Waals surface area contributed by atoms with Crippen LogP contribution in [0, 0.1) is 11.3 Å². The molecule has 0 aromatic rings. The zero-order valence-corrected chi connectivity index (χ0v) is 9.73. The Hall–Kier alpha value is -0.530. The van der Waals surface area contributed by atoms with Crippen LogP contribution in [0.2, 0.25) is 0 Å². The Morgan fingerprint density at radius 2 is 1.79 bits per heavy atom. The minimum absolute atomic E-state index is 0.203. The van der Waals surface area contributed by atoms with Crippen LogP contribution < -0.4 is 0 Å². The molecule has 0 spiro atoms. The molecule has 0 saturated heterocycles. The van der Waals surface area contributed by atoms with Crippen LogP contribution in [0.1, 0.15) is 59.3 Å². The third-order valence-corrected chi connectivity index (χ3v) is 2.63.